The van der Waals surface area contributed by atoms with E-state index in [2.05, 4.69) is 14.9 Å². The number of rotatable bonds is 6. The van der Waals surface area contributed by atoms with Crippen LogP contribution in [0.2, 0.25) is 0 Å². The average molecular weight is 409 g/mol. The highest BCUT2D eigenvalue weighted by Gasteiger charge is 2.19. The van der Waals surface area contributed by atoms with E-state index in [-0.39, 0.29) is 11.6 Å². The van der Waals surface area contributed by atoms with Gasteiger partial charge in [-0.1, -0.05) is 42.1 Å². The number of furan rings is 1. The van der Waals surface area contributed by atoms with Crippen molar-refractivity contribution in [3.8, 4) is 17.1 Å². The Morgan fingerprint density at radius 2 is 1.83 bits per heavy atom. The molecule has 0 atom stereocenters. The summed E-state index contributed by atoms with van der Waals surface area (Å²) in [5, 5.41) is 9.06. The van der Waals surface area contributed by atoms with Crippen molar-refractivity contribution in [3.05, 3.63) is 84.1 Å². The first-order valence-corrected chi connectivity index (χ1v) is 9.71. The number of esters is 1. The Kier molecular flexibility index (Phi) is 5.44. The molecular weight excluding hydrogens is 393 g/mol. The maximum Gasteiger partial charge on any atom is 0.373 e. The van der Waals surface area contributed by atoms with Gasteiger partial charge in [-0.25, -0.2) is 9.18 Å². The van der Waals surface area contributed by atoms with Crippen LogP contribution in [0.25, 0.3) is 17.1 Å². The van der Waals surface area contributed by atoms with Crippen LogP contribution < -0.4 is 0 Å². The van der Waals surface area contributed by atoms with E-state index in [1.54, 1.807) is 34.9 Å². The highest BCUT2D eigenvalue weighted by atomic mass is 32.2. The summed E-state index contributed by atoms with van der Waals surface area (Å²) in [6, 6.07) is 19.2. The van der Waals surface area contributed by atoms with Crippen molar-refractivity contribution in [3.63, 3.8) is 0 Å². The summed E-state index contributed by atoms with van der Waals surface area (Å²) < 4.78 is 26.3. The lowest BCUT2D eigenvalue weighted by molar-refractivity contribution is 0.0563. The molecule has 0 radical (unpaired) electrons. The monoisotopic (exact) mass is 409 g/mol. The Morgan fingerprint density at radius 1 is 1.07 bits per heavy atom. The van der Waals surface area contributed by atoms with Gasteiger partial charge in [-0.2, -0.15) is 0 Å². The predicted octanol–water partition coefficient (Wildman–Crippen LogP) is 4.75. The molecule has 0 saturated carbocycles. The second-order valence-corrected chi connectivity index (χ2v) is 6.95. The van der Waals surface area contributed by atoms with Gasteiger partial charge in [0, 0.05) is 5.69 Å². The van der Waals surface area contributed by atoms with E-state index < -0.39 is 5.97 Å². The first-order chi connectivity index (χ1) is 14.2. The molecule has 0 aliphatic rings. The summed E-state index contributed by atoms with van der Waals surface area (Å²) >= 11 is 1.37. The fourth-order valence-corrected chi connectivity index (χ4v) is 3.64. The molecule has 8 heteroatoms. The number of benzene rings is 2. The Balaban J connectivity index is 1.68. The summed E-state index contributed by atoms with van der Waals surface area (Å²) in [4.78, 5) is 11.5. The second-order valence-electron chi connectivity index (χ2n) is 6.00. The van der Waals surface area contributed by atoms with Gasteiger partial charge in [0.25, 0.3) is 0 Å². The first kappa shape index (κ1) is 18.9. The predicted molar refractivity (Wildman–Crippen MR) is 106 cm³/mol. The van der Waals surface area contributed by atoms with Crippen LogP contribution in [0.15, 0.2) is 76.3 Å². The number of thioether (sulfide) groups is 1. The lowest BCUT2D eigenvalue weighted by atomic mass is 10.2. The van der Waals surface area contributed by atoms with Gasteiger partial charge in [-0.05, 0) is 36.4 Å². The molecule has 0 fully saturated rings. The Bertz CT molecular complexity index is 1140. The maximum absolute atomic E-state index is 14.4. The molecule has 6 nitrogen and oxygen atoms in total. The number of carbonyl (C=O) groups is 1. The third-order valence-corrected chi connectivity index (χ3v) is 5.11. The smallest absolute Gasteiger partial charge is 0.373 e. The third kappa shape index (κ3) is 3.93. The minimum atomic E-state index is -0.532. The molecule has 0 saturated heterocycles. The van der Waals surface area contributed by atoms with Crippen molar-refractivity contribution < 1.29 is 18.3 Å². The molecule has 0 bridgehead atoms. The molecule has 0 spiro atoms. The molecule has 2 heterocycles. The molecule has 0 amide bonds. The molecule has 0 unspecified atom stereocenters. The molecule has 0 aliphatic carbocycles. The number of para-hydroxylation sites is 1. The normalized spacial score (nSPS) is 10.8. The summed E-state index contributed by atoms with van der Waals surface area (Å²) in [6.07, 6.45) is 0. The van der Waals surface area contributed by atoms with Crippen molar-refractivity contribution in [2.75, 3.05) is 7.11 Å². The van der Waals surface area contributed by atoms with Crippen LogP contribution in [-0.2, 0) is 10.5 Å². The van der Waals surface area contributed by atoms with Crippen molar-refractivity contribution in [1.82, 2.24) is 14.8 Å². The van der Waals surface area contributed by atoms with Gasteiger partial charge in [0.2, 0.25) is 5.76 Å². The number of methoxy groups -OCH3 is 1. The zero-order valence-corrected chi connectivity index (χ0v) is 16.2. The van der Waals surface area contributed by atoms with Gasteiger partial charge in [0.1, 0.15) is 11.6 Å². The number of hydrogen-bond acceptors (Lipinski definition) is 6. The SMILES string of the molecule is COC(=O)c1ccc(CSc2nnc(-c3ccccc3F)n2-c2ccccc2)o1. The van der Waals surface area contributed by atoms with Gasteiger partial charge in [0.15, 0.2) is 11.0 Å². The van der Waals surface area contributed by atoms with Crippen LogP contribution in [-0.4, -0.2) is 27.8 Å². The van der Waals surface area contributed by atoms with Crippen LogP contribution in [0.3, 0.4) is 0 Å². The molecule has 29 heavy (non-hydrogen) atoms. The fourth-order valence-electron chi connectivity index (χ4n) is 2.79. The number of halogens is 1. The Hall–Kier alpha value is -3.39. The second kappa shape index (κ2) is 8.32. The van der Waals surface area contributed by atoms with Gasteiger partial charge in [-0.3, -0.25) is 4.57 Å². The number of carbonyl (C=O) groups excluding carboxylic acids is 1. The highest BCUT2D eigenvalue weighted by molar-refractivity contribution is 7.98. The van der Waals surface area contributed by atoms with E-state index in [9.17, 15) is 9.18 Å². The zero-order valence-electron chi connectivity index (χ0n) is 15.4. The van der Waals surface area contributed by atoms with Crippen LogP contribution in [0.5, 0.6) is 0 Å². The van der Waals surface area contributed by atoms with E-state index in [0.29, 0.717) is 28.1 Å². The number of ether oxygens (including phenoxy) is 1. The number of hydrogen-bond donors (Lipinski definition) is 0. The van der Waals surface area contributed by atoms with Gasteiger partial charge < -0.3 is 9.15 Å². The molecule has 0 aliphatic heterocycles. The van der Waals surface area contributed by atoms with Gasteiger partial charge >= 0.3 is 5.97 Å². The Morgan fingerprint density at radius 3 is 2.59 bits per heavy atom. The minimum absolute atomic E-state index is 0.139. The molecule has 0 N–H and O–H groups in total. The van der Waals surface area contributed by atoms with Crippen LogP contribution >= 0.6 is 11.8 Å². The fraction of sp³-hybridized carbons (Fsp3) is 0.0952. The molecule has 4 aromatic rings. The lowest BCUT2D eigenvalue weighted by Crippen LogP contribution is -2.00. The van der Waals surface area contributed by atoms with E-state index in [0.717, 1.165) is 5.69 Å². The van der Waals surface area contributed by atoms with Crippen LogP contribution in [0, 0.1) is 5.82 Å². The number of nitrogens with zero attached hydrogens (tertiary/aromatic N) is 3. The summed E-state index contributed by atoms with van der Waals surface area (Å²) in [6.45, 7) is 0. The summed E-state index contributed by atoms with van der Waals surface area (Å²) in [7, 11) is 1.30. The summed E-state index contributed by atoms with van der Waals surface area (Å²) in [5.74, 6) is 0.647. The van der Waals surface area contributed by atoms with Crippen molar-refractivity contribution in [2.24, 2.45) is 0 Å². The van der Waals surface area contributed by atoms with Crippen LogP contribution in [0.4, 0.5) is 4.39 Å². The molecule has 2 aromatic carbocycles. The lowest BCUT2D eigenvalue weighted by Gasteiger charge is -2.10. The Labute approximate surface area is 170 Å². The molecular formula is C21H16FN3O3S. The summed E-state index contributed by atoms with van der Waals surface area (Å²) in [5.41, 5.74) is 1.18. The van der Waals surface area contributed by atoms with E-state index in [1.165, 1.54) is 24.9 Å². The number of aromatic nitrogens is 3. The average Bonchev–Trinajstić information content (AvgIpc) is 3.40. The molecule has 146 valence electrons. The van der Waals surface area contributed by atoms with Gasteiger partial charge in [0.05, 0.1) is 18.4 Å². The first-order valence-electron chi connectivity index (χ1n) is 8.73. The topological polar surface area (TPSA) is 70.2 Å². The van der Waals surface area contributed by atoms with Gasteiger partial charge in [-0.15, -0.1) is 10.2 Å². The van der Waals surface area contributed by atoms with Crippen molar-refractivity contribution >= 4 is 17.7 Å². The van der Waals surface area contributed by atoms with E-state index in [4.69, 9.17) is 4.42 Å². The third-order valence-electron chi connectivity index (χ3n) is 4.15. The quantitative estimate of drug-likeness (QED) is 0.338. The van der Waals surface area contributed by atoms with Crippen LogP contribution in [0.1, 0.15) is 16.3 Å². The molecule has 2 aromatic heterocycles. The standard InChI is InChI=1S/C21H16FN3O3S/c1-27-20(26)18-12-11-15(28-18)13-29-21-24-23-19(16-9-5-6-10-17(16)22)25(21)14-7-3-2-4-8-14/h2-12H,13H2,1H3. The maximum atomic E-state index is 14.4. The van der Waals surface area contributed by atoms with Crippen molar-refractivity contribution in [2.45, 2.75) is 10.9 Å². The zero-order chi connectivity index (χ0) is 20.2. The van der Waals surface area contributed by atoms with E-state index >= 15 is 0 Å². The van der Waals surface area contributed by atoms with Crippen molar-refractivity contribution in [1.29, 1.82) is 0 Å². The largest absolute Gasteiger partial charge is 0.463 e. The highest BCUT2D eigenvalue weighted by Crippen LogP contribution is 2.31. The minimum Gasteiger partial charge on any atom is -0.463 e. The molecule has 4 rings (SSSR count). The van der Waals surface area contributed by atoms with E-state index in [1.807, 2.05) is 30.3 Å².